The second-order valence-corrected chi connectivity index (χ2v) is 6.62. The highest BCUT2D eigenvalue weighted by Gasteiger charge is 2.06. The number of aromatic nitrogens is 4. The number of hydrogen-bond donors (Lipinski definition) is 0. The summed E-state index contributed by atoms with van der Waals surface area (Å²) in [6, 6.07) is 12.3. The smallest absolute Gasteiger partial charge is 0.125 e. The Morgan fingerprint density at radius 3 is 2.70 bits per heavy atom. The summed E-state index contributed by atoms with van der Waals surface area (Å²) in [6.45, 7) is 5.03. The van der Waals surface area contributed by atoms with Crippen LogP contribution in [0.1, 0.15) is 12.7 Å². The molecule has 0 radical (unpaired) electrons. The van der Waals surface area contributed by atoms with Crippen LogP contribution in [0.2, 0.25) is 0 Å². The van der Waals surface area contributed by atoms with Crippen LogP contribution in [0.15, 0.2) is 48.8 Å². The Hall–Kier alpha value is -2.14. The van der Waals surface area contributed by atoms with Gasteiger partial charge in [0, 0.05) is 35.8 Å². The number of nitrogens with zero attached hydrogens (tertiary/aromatic N) is 4. The maximum atomic E-state index is 4.68. The molecule has 0 aliphatic carbocycles. The fourth-order valence-electron chi connectivity index (χ4n) is 2.40. The van der Waals surface area contributed by atoms with Crippen molar-refractivity contribution in [2.24, 2.45) is 0 Å². The summed E-state index contributed by atoms with van der Waals surface area (Å²) in [7, 11) is 0. The number of thioether (sulfide) groups is 1. The van der Waals surface area contributed by atoms with Gasteiger partial charge in [0.05, 0.1) is 11.4 Å². The van der Waals surface area contributed by atoms with Crippen molar-refractivity contribution in [1.82, 2.24) is 19.7 Å². The van der Waals surface area contributed by atoms with Gasteiger partial charge in [0.15, 0.2) is 0 Å². The van der Waals surface area contributed by atoms with Crippen molar-refractivity contribution in [1.29, 1.82) is 0 Å². The molecule has 3 rings (SSSR count). The molecule has 3 aromatic rings. The summed E-state index contributed by atoms with van der Waals surface area (Å²) in [5.74, 6) is 3.03. The summed E-state index contributed by atoms with van der Waals surface area (Å²) in [6.07, 6.45) is 3.84. The Morgan fingerprint density at radius 1 is 1.09 bits per heavy atom. The van der Waals surface area contributed by atoms with Gasteiger partial charge in [-0.3, -0.25) is 4.68 Å². The van der Waals surface area contributed by atoms with Crippen LogP contribution in [0.5, 0.6) is 0 Å². The molecule has 2 aromatic heterocycles. The molecular weight excluding hydrogens is 304 g/mol. The minimum atomic E-state index is 0.783. The van der Waals surface area contributed by atoms with E-state index in [1.54, 1.807) is 6.20 Å². The van der Waals surface area contributed by atoms with Gasteiger partial charge in [0.1, 0.15) is 5.82 Å². The minimum absolute atomic E-state index is 0.783. The van der Waals surface area contributed by atoms with E-state index in [9.17, 15) is 0 Å². The summed E-state index contributed by atoms with van der Waals surface area (Å²) in [5, 5.41) is 4.68. The van der Waals surface area contributed by atoms with Crippen LogP contribution in [0.3, 0.4) is 0 Å². The van der Waals surface area contributed by atoms with Crippen LogP contribution in [0.25, 0.3) is 22.5 Å². The van der Waals surface area contributed by atoms with Crippen molar-refractivity contribution >= 4 is 11.8 Å². The van der Waals surface area contributed by atoms with Crippen molar-refractivity contribution in [3.8, 4) is 22.5 Å². The largest absolute Gasteiger partial charge is 0.271 e. The van der Waals surface area contributed by atoms with E-state index in [-0.39, 0.29) is 0 Å². The molecule has 23 heavy (non-hydrogen) atoms. The molecule has 0 unspecified atom stereocenters. The molecular formula is C18H20N4S. The summed E-state index contributed by atoms with van der Waals surface area (Å²) in [4.78, 5) is 8.65. The van der Waals surface area contributed by atoms with Crippen LogP contribution in [-0.2, 0) is 6.54 Å². The SMILES string of the molecule is CCSCCn1ccc(-c2cccc(-c3ccnc(C)n3)c2)n1. The Balaban J connectivity index is 1.82. The molecule has 0 atom stereocenters. The number of aryl methyl sites for hydroxylation is 2. The van der Waals surface area contributed by atoms with Crippen molar-refractivity contribution in [2.75, 3.05) is 11.5 Å². The Kier molecular flexibility index (Phi) is 5.08. The van der Waals surface area contributed by atoms with Gasteiger partial charge in [-0.2, -0.15) is 16.9 Å². The van der Waals surface area contributed by atoms with Crippen molar-refractivity contribution in [3.05, 3.63) is 54.6 Å². The molecule has 0 fully saturated rings. The lowest BCUT2D eigenvalue weighted by atomic mass is 10.1. The van der Waals surface area contributed by atoms with Gasteiger partial charge in [-0.1, -0.05) is 25.1 Å². The molecule has 0 aliphatic rings. The topological polar surface area (TPSA) is 43.6 Å². The van der Waals surface area contributed by atoms with E-state index in [1.807, 2.05) is 41.7 Å². The van der Waals surface area contributed by atoms with Gasteiger partial charge in [-0.15, -0.1) is 0 Å². The lowest BCUT2D eigenvalue weighted by Crippen LogP contribution is -2.01. The first-order valence-corrected chi connectivity index (χ1v) is 8.93. The summed E-state index contributed by atoms with van der Waals surface area (Å²) in [5.41, 5.74) is 4.14. The second kappa shape index (κ2) is 7.42. The number of benzene rings is 1. The van der Waals surface area contributed by atoms with E-state index in [4.69, 9.17) is 0 Å². The van der Waals surface area contributed by atoms with Gasteiger partial charge in [-0.25, -0.2) is 9.97 Å². The number of hydrogen-bond acceptors (Lipinski definition) is 4. The zero-order valence-electron chi connectivity index (χ0n) is 13.4. The van der Waals surface area contributed by atoms with Crippen LogP contribution in [0.4, 0.5) is 0 Å². The van der Waals surface area contributed by atoms with Gasteiger partial charge in [-0.05, 0) is 30.9 Å². The molecule has 0 spiro atoms. The van der Waals surface area contributed by atoms with E-state index in [0.717, 1.165) is 46.4 Å². The van der Waals surface area contributed by atoms with Crippen LogP contribution in [-0.4, -0.2) is 31.3 Å². The molecule has 0 aliphatic heterocycles. The molecule has 0 saturated heterocycles. The average molecular weight is 324 g/mol. The Labute approximate surface area is 141 Å². The van der Waals surface area contributed by atoms with E-state index in [0.29, 0.717) is 0 Å². The van der Waals surface area contributed by atoms with Crippen molar-refractivity contribution in [3.63, 3.8) is 0 Å². The predicted octanol–water partition coefficient (Wildman–Crippen LogP) is 4.07. The third kappa shape index (κ3) is 3.99. The summed E-state index contributed by atoms with van der Waals surface area (Å²) >= 11 is 1.93. The van der Waals surface area contributed by atoms with Crippen LogP contribution in [0, 0.1) is 6.92 Å². The monoisotopic (exact) mass is 324 g/mol. The van der Waals surface area contributed by atoms with Crippen LogP contribution < -0.4 is 0 Å². The first-order valence-electron chi connectivity index (χ1n) is 7.78. The summed E-state index contributed by atoms with van der Waals surface area (Å²) < 4.78 is 2.01. The molecule has 0 saturated carbocycles. The fourth-order valence-corrected chi connectivity index (χ4v) is 3.00. The van der Waals surface area contributed by atoms with Gasteiger partial charge in [0.2, 0.25) is 0 Å². The molecule has 4 nitrogen and oxygen atoms in total. The van der Waals surface area contributed by atoms with E-state index in [2.05, 4.69) is 46.3 Å². The van der Waals surface area contributed by atoms with Crippen molar-refractivity contribution < 1.29 is 0 Å². The van der Waals surface area contributed by atoms with E-state index < -0.39 is 0 Å². The lowest BCUT2D eigenvalue weighted by molar-refractivity contribution is 0.669. The lowest BCUT2D eigenvalue weighted by Gasteiger charge is -2.04. The first kappa shape index (κ1) is 15.7. The van der Waals surface area contributed by atoms with E-state index >= 15 is 0 Å². The third-order valence-corrected chi connectivity index (χ3v) is 4.42. The molecule has 118 valence electrons. The maximum Gasteiger partial charge on any atom is 0.125 e. The minimum Gasteiger partial charge on any atom is -0.271 e. The predicted molar refractivity (Wildman–Crippen MR) is 96.4 cm³/mol. The molecule has 0 N–H and O–H groups in total. The molecule has 1 aromatic carbocycles. The average Bonchev–Trinajstić information content (AvgIpc) is 3.04. The van der Waals surface area contributed by atoms with Crippen molar-refractivity contribution in [2.45, 2.75) is 20.4 Å². The standard InChI is InChI=1S/C18H20N4S/c1-3-23-12-11-22-10-8-18(21-22)16-6-4-5-15(13-16)17-7-9-19-14(2)20-17/h4-10,13H,3,11-12H2,1-2H3. The van der Waals surface area contributed by atoms with Crippen LogP contribution >= 0.6 is 11.8 Å². The van der Waals surface area contributed by atoms with Gasteiger partial charge < -0.3 is 0 Å². The zero-order valence-corrected chi connectivity index (χ0v) is 14.3. The van der Waals surface area contributed by atoms with Gasteiger partial charge in [0.25, 0.3) is 0 Å². The highest BCUT2D eigenvalue weighted by molar-refractivity contribution is 7.99. The zero-order chi connectivity index (χ0) is 16.1. The van der Waals surface area contributed by atoms with E-state index in [1.165, 1.54) is 0 Å². The third-order valence-electron chi connectivity index (χ3n) is 3.54. The molecule has 2 heterocycles. The highest BCUT2D eigenvalue weighted by Crippen LogP contribution is 2.24. The van der Waals surface area contributed by atoms with Gasteiger partial charge >= 0.3 is 0 Å². The number of rotatable bonds is 6. The maximum absolute atomic E-state index is 4.68. The fraction of sp³-hybridized carbons (Fsp3) is 0.278. The normalized spacial score (nSPS) is 10.9. The molecule has 0 amide bonds. The molecule has 0 bridgehead atoms. The first-order chi connectivity index (χ1) is 11.3. The molecule has 5 heteroatoms. The Morgan fingerprint density at radius 2 is 1.91 bits per heavy atom. The Bertz CT molecular complexity index is 782. The second-order valence-electron chi connectivity index (χ2n) is 5.23. The highest BCUT2D eigenvalue weighted by atomic mass is 32.2. The quantitative estimate of drug-likeness (QED) is 0.641.